The van der Waals surface area contributed by atoms with E-state index in [0.29, 0.717) is 0 Å². The van der Waals surface area contributed by atoms with Crippen LogP contribution in [-0.2, 0) is 0 Å². The van der Waals surface area contributed by atoms with Crippen molar-refractivity contribution in [3.05, 3.63) is 206 Å². The Morgan fingerprint density at radius 1 is 0.259 bits per heavy atom. The number of benzene rings is 10. The summed E-state index contributed by atoms with van der Waals surface area (Å²) in [6.45, 7) is 0. The highest BCUT2D eigenvalue weighted by molar-refractivity contribution is 6.18. The van der Waals surface area contributed by atoms with Gasteiger partial charge >= 0.3 is 0 Å². The van der Waals surface area contributed by atoms with Gasteiger partial charge in [0.1, 0.15) is 22.3 Å². The monoisotopic (exact) mass is 742 g/mol. The minimum absolute atomic E-state index is 0.849. The van der Waals surface area contributed by atoms with Gasteiger partial charge in [0.15, 0.2) is 0 Å². The fourth-order valence-electron chi connectivity index (χ4n) is 8.88. The van der Waals surface area contributed by atoms with Crippen LogP contribution in [0.2, 0.25) is 0 Å². The van der Waals surface area contributed by atoms with Crippen LogP contribution >= 0.6 is 0 Å². The van der Waals surface area contributed by atoms with Gasteiger partial charge in [0.05, 0.1) is 11.1 Å². The van der Waals surface area contributed by atoms with E-state index < -0.39 is 0 Å². The molecule has 58 heavy (non-hydrogen) atoms. The second kappa shape index (κ2) is 12.9. The molecule has 272 valence electrons. The molecule has 0 radical (unpaired) electrons. The van der Waals surface area contributed by atoms with E-state index in [2.05, 4.69) is 192 Å². The molecule has 0 bridgehead atoms. The smallest absolute Gasteiger partial charge is 0.137 e. The largest absolute Gasteiger partial charge is 0.456 e. The second-order valence-electron chi connectivity index (χ2n) is 14.9. The molecule has 2 heterocycles. The van der Waals surface area contributed by atoms with Crippen LogP contribution in [0.15, 0.2) is 215 Å². The molecule has 0 aliphatic rings. The van der Waals surface area contributed by atoms with E-state index in [4.69, 9.17) is 8.83 Å². The van der Waals surface area contributed by atoms with Gasteiger partial charge in [0, 0.05) is 44.6 Å². The summed E-state index contributed by atoms with van der Waals surface area (Å²) in [5, 5.41) is 11.5. The first kappa shape index (κ1) is 32.4. The van der Waals surface area contributed by atoms with E-state index in [1.165, 1.54) is 26.9 Å². The Bertz CT molecular complexity index is 3540. The average molecular weight is 743 g/mol. The Morgan fingerprint density at radius 2 is 0.828 bits per heavy atom. The molecule has 0 spiro atoms. The summed E-state index contributed by atoms with van der Waals surface area (Å²) < 4.78 is 12.8. The van der Waals surface area contributed by atoms with Crippen molar-refractivity contribution in [2.75, 3.05) is 9.80 Å². The highest BCUT2D eigenvalue weighted by atomic mass is 16.3. The zero-order valence-corrected chi connectivity index (χ0v) is 31.3. The van der Waals surface area contributed by atoms with Crippen molar-refractivity contribution < 1.29 is 8.83 Å². The fourth-order valence-corrected chi connectivity index (χ4v) is 8.88. The van der Waals surface area contributed by atoms with E-state index in [1.54, 1.807) is 0 Å². The van der Waals surface area contributed by atoms with Crippen molar-refractivity contribution in [3.63, 3.8) is 0 Å². The molecule has 0 N–H and O–H groups in total. The van der Waals surface area contributed by atoms with Crippen LogP contribution in [0.3, 0.4) is 0 Å². The Morgan fingerprint density at radius 3 is 1.69 bits per heavy atom. The lowest BCUT2D eigenvalue weighted by molar-refractivity contribution is 0.669. The van der Waals surface area contributed by atoms with Crippen molar-refractivity contribution in [2.24, 2.45) is 0 Å². The minimum atomic E-state index is 0.849. The molecular formula is C54H34N2O2. The quantitative estimate of drug-likeness (QED) is 0.159. The van der Waals surface area contributed by atoms with Gasteiger partial charge < -0.3 is 18.6 Å². The molecule has 0 fully saturated rings. The summed E-state index contributed by atoms with van der Waals surface area (Å²) in [5.74, 6) is 0. The number of hydrogen-bond acceptors (Lipinski definition) is 4. The Balaban J connectivity index is 1.11. The van der Waals surface area contributed by atoms with Gasteiger partial charge in [-0.25, -0.2) is 0 Å². The molecule has 12 aromatic rings. The molecule has 2 aromatic heterocycles. The summed E-state index contributed by atoms with van der Waals surface area (Å²) in [6, 6.07) is 73.5. The number of furan rings is 2. The minimum Gasteiger partial charge on any atom is -0.456 e. The van der Waals surface area contributed by atoms with Crippen molar-refractivity contribution in [3.8, 4) is 0 Å². The summed E-state index contributed by atoms with van der Waals surface area (Å²) >= 11 is 0. The first-order valence-corrected chi connectivity index (χ1v) is 19.7. The van der Waals surface area contributed by atoms with Gasteiger partial charge in [-0.1, -0.05) is 115 Å². The molecular weight excluding hydrogens is 709 g/mol. The molecule has 0 saturated heterocycles. The first-order chi connectivity index (χ1) is 28.7. The van der Waals surface area contributed by atoms with E-state index in [9.17, 15) is 0 Å². The van der Waals surface area contributed by atoms with Crippen molar-refractivity contribution in [1.82, 2.24) is 0 Å². The van der Waals surface area contributed by atoms with Crippen LogP contribution in [-0.4, -0.2) is 0 Å². The molecule has 0 atom stereocenters. The maximum Gasteiger partial charge on any atom is 0.137 e. The molecule has 0 unspecified atom stereocenters. The molecule has 10 aromatic carbocycles. The maximum atomic E-state index is 6.48. The predicted octanol–water partition coefficient (Wildman–Crippen LogP) is 15.9. The van der Waals surface area contributed by atoms with Gasteiger partial charge in [0.25, 0.3) is 0 Å². The summed E-state index contributed by atoms with van der Waals surface area (Å²) in [7, 11) is 0. The van der Waals surface area contributed by atoms with Crippen LogP contribution in [0, 0.1) is 0 Å². The highest BCUT2D eigenvalue weighted by Gasteiger charge is 2.22. The van der Waals surface area contributed by atoms with Crippen LogP contribution in [0.1, 0.15) is 0 Å². The topological polar surface area (TPSA) is 32.8 Å². The van der Waals surface area contributed by atoms with Gasteiger partial charge in [-0.05, 0) is 123 Å². The third kappa shape index (κ3) is 5.16. The fraction of sp³-hybridized carbons (Fsp3) is 0. The first-order valence-electron chi connectivity index (χ1n) is 19.7. The van der Waals surface area contributed by atoms with Gasteiger partial charge in [-0.3, -0.25) is 0 Å². The van der Waals surface area contributed by atoms with Crippen LogP contribution < -0.4 is 9.80 Å². The van der Waals surface area contributed by atoms with Gasteiger partial charge in [-0.2, -0.15) is 0 Å². The molecule has 4 heteroatoms. The summed E-state index contributed by atoms with van der Waals surface area (Å²) in [6.07, 6.45) is 0. The van der Waals surface area contributed by atoms with Crippen LogP contribution in [0.5, 0.6) is 0 Å². The molecule has 0 aliphatic heterocycles. The maximum absolute atomic E-state index is 6.48. The number of hydrogen-bond donors (Lipinski definition) is 0. The van der Waals surface area contributed by atoms with E-state index in [0.717, 1.165) is 83.4 Å². The van der Waals surface area contributed by atoms with Crippen molar-refractivity contribution in [2.45, 2.75) is 0 Å². The number of anilines is 6. The van der Waals surface area contributed by atoms with E-state index >= 15 is 0 Å². The predicted molar refractivity (Wildman–Crippen MR) is 243 cm³/mol. The van der Waals surface area contributed by atoms with Crippen molar-refractivity contribution in [1.29, 1.82) is 0 Å². The zero-order chi connectivity index (χ0) is 38.2. The Hall–Kier alpha value is -7.82. The number of para-hydroxylation sites is 3. The zero-order valence-electron chi connectivity index (χ0n) is 31.3. The third-order valence-electron chi connectivity index (χ3n) is 11.5. The highest BCUT2D eigenvalue weighted by Crippen LogP contribution is 2.46. The molecule has 0 saturated carbocycles. The molecule has 4 nitrogen and oxygen atoms in total. The van der Waals surface area contributed by atoms with Gasteiger partial charge in [-0.15, -0.1) is 0 Å². The van der Waals surface area contributed by atoms with Gasteiger partial charge in [0.2, 0.25) is 0 Å². The lowest BCUT2D eigenvalue weighted by Crippen LogP contribution is -2.13. The lowest BCUT2D eigenvalue weighted by Gasteiger charge is -2.30. The van der Waals surface area contributed by atoms with E-state index in [-0.39, 0.29) is 0 Å². The summed E-state index contributed by atoms with van der Waals surface area (Å²) in [4.78, 5) is 4.73. The number of fused-ring (bicyclic) bond motifs is 10. The van der Waals surface area contributed by atoms with Crippen molar-refractivity contribution >= 4 is 110 Å². The Labute approximate surface area is 334 Å². The molecule has 0 aliphatic carbocycles. The molecule has 0 amide bonds. The standard InChI is InChI=1S/C54H34N2O2/c1-2-14-39(15-3-1)55(42-28-26-35-12-4-5-13-37(35)30-42)40-16-10-17-41(32-40)56(49-20-11-23-52-54(49)45-19-7-9-22-51(45)57-52)43-29-27-36-24-25-38-31-53-48(34-47(38)46(36)33-43)44-18-6-8-21-50(44)58-53/h1-34H. The number of nitrogens with zero attached hydrogens (tertiary/aromatic N) is 2. The lowest BCUT2D eigenvalue weighted by atomic mass is 9.98. The normalized spacial score (nSPS) is 11.8. The Kier molecular flexibility index (Phi) is 7.20. The number of rotatable bonds is 6. The molecule has 12 rings (SSSR count). The van der Waals surface area contributed by atoms with Crippen LogP contribution in [0.25, 0.3) is 76.2 Å². The second-order valence-corrected chi connectivity index (χ2v) is 14.9. The SMILES string of the molecule is c1ccc(N(c2cccc(N(c3ccc4ccc5cc6oc7ccccc7c6cc5c4c3)c3cccc4oc5ccccc5c34)c2)c2ccc3ccccc3c2)cc1. The van der Waals surface area contributed by atoms with E-state index in [1.807, 2.05) is 24.3 Å². The summed E-state index contributed by atoms with van der Waals surface area (Å²) in [5.41, 5.74) is 9.85. The third-order valence-corrected chi connectivity index (χ3v) is 11.5. The average Bonchev–Trinajstić information content (AvgIpc) is 3.85. The van der Waals surface area contributed by atoms with Crippen LogP contribution in [0.4, 0.5) is 34.1 Å².